The van der Waals surface area contributed by atoms with E-state index < -0.39 is 41.8 Å². The number of amides is 4. The van der Waals surface area contributed by atoms with E-state index in [2.05, 4.69) is 16.0 Å². The van der Waals surface area contributed by atoms with Crippen molar-refractivity contribution in [1.82, 2.24) is 20.9 Å². The maximum absolute atomic E-state index is 13.7. The highest BCUT2D eigenvalue weighted by Crippen LogP contribution is 2.37. The molecule has 2 aliphatic rings. The largest absolute Gasteiger partial charge is 0.467 e. The highest BCUT2D eigenvalue weighted by molar-refractivity contribution is 6.07. The van der Waals surface area contributed by atoms with E-state index in [1.807, 2.05) is 64.6 Å². The van der Waals surface area contributed by atoms with Gasteiger partial charge in [0.2, 0.25) is 17.7 Å². The van der Waals surface area contributed by atoms with Crippen LogP contribution >= 0.6 is 0 Å². The minimum Gasteiger partial charge on any atom is -0.467 e. The van der Waals surface area contributed by atoms with Crippen molar-refractivity contribution in [2.75, 3.05) is 13.7 Å². The summed E-state index contributed by atoms with van der Waals surface area (Å²) in [7, 11) is 1.28. The van der Waals surface area contributed by atoms with E-state index >= 15 is 0 Å². The third-order valence-corrected chi connectivity index (χ3v) is 8.07. The minimum atomic E-state index is -0.904. The number of benzene rings is 1. The number of nitrogens with one attached hydrogen (secondary N) is 3. The van der Waals surface area contributed by atoms with E-state index in [4.69, 9.17) is 4.74 Å². The lowest BCUT2D eigenvalue weighted by molar-refractivity contribution is -0.146. The number of rotatable bonds is 13. The number of fused-ring (bicyclic) bond motifs is 2. The Balaban J connectivity index is 1.83. The Bertz CT molecular complexity index is 1240. The molecule has 4 amide bonds. The summed E-state index contributed by atoms with van der Waals surface area (Å²) in [5, 5.41) is 8.51. The Morgan fingerprint density at radius 2 is 1.34 bits per heavy atom. The SMILES string of the molecule is COC(=O)[C@H](CC(C)C)NC(=O)[C@@H](CC(C)C)NC(=O)[C@H](CC(C)C)NC(=O)/C=C1/c2ccccc2C(=O)N2CCCC[C@H]12. The molecule has 44 heavy (non-hydrogen) atoms. The third kappa shape index (κ3) is 9.16. The molecule has 0 unspecified atom stereocenters. The maximum atomic E-state index is 13.7. The van der Waals surface area contributed by atoms with Crippen molar-refractivity contribution in [1.29, 1.82) is 0 Å². The first-order valence-corrected chi connectivity index (χ1v) is 15.9. The molecule has 0 saturated carbocycles. The Labute approximate surface area is 261 Å². The van der Waals surface area contributed by atoms with Gasteiger partial charge in [-0.15, -0.1) is 0 Å². The summed E-state index contributed by atoms with van der Waals surface area (Å²) >= 11 is 0. The average molecular weight is 611 g/mol. The Morgan fingerprint density at radius 3 is 1.91 bits per heavy atom. The molecule has 0 aliphatic carbocycles. The van der Waals surface area contributed by atoms with Crippen LogP contribution in [0.3, 0.4) is 0 Å². The molecule has 3 rings (SSSR count). The summed E-state index contributed by atoms with van der Waals surface area (Å²) in [6.45, 7) is 12.3. The Kier molecular flexibility index (Phi) is 12.5. The predicted octanol–water partition coefficient (Wildman–Crippen LogP) is 3.84. The molecule has 10 heteroatoms. The Morgan fingerprint density at radius 1 is 0.818 bits per heavy atom. The lowest BCUT2D eigenvalue weighted by Crippen LogP contribution is -2.56. The van der Waals surface area contributed by atoms with Crippen LogP contribution in [0.2, 0.25) is 0 Å². The van der Waals surface area contributed by atoms with Crippen LogP contribution in [-0.2, 0) is 23.9 Å². The number of nitrogens with zero attached hydrogens (tertiary/aromatic N) is 1. The second-order valence-corrected chi connectivity index (χ2v) is 13.3. The summed E-state index contributed by atoms with van der Waals surface area (Å²) in [5.41, 5.74) is 2.10. The third-order valence-electron chi connectivity index (χ3n) is 8.07. The predicted molar refractivity (Wildman–Crippen MR) is 169 cm³/mol. The zero-order valence-electron chi connectivity index (χ0n) is 27.3. The molecule has 0 spiro atoms. The van der Waals surface area contributed by atoms with Crippen molar-refractivity contribution in [2.45, 2.75) is 104 Å². The van der Waals surface area contributed by atoms with E-state index in [1.54, 1.807) is 6.07 Å². The van der Waals surface area contributed by atoms with Crippen LogP contribution in [0.1, 0.15) is 96.0 Å². The first-order chi connectivity index (χ1) is 20.8. The molecular weight excluding hydrogens is 560 g/mol. The highest BCUT2D eigenvalue weighted by atomic mass is 16.5. The molecular formula is C34H50N4O6. The average Bonchev–Trinajstić information content (AvgIpc) is 2.97. The monoisotopic (exact) mass is 610 g/mol. The second-order valence-electron chi connectivity index (χ2n) is 13.3. The van der Waals surface area contributed by atoms with Gasteiger partial charge in [-0.05, 0) is 73.5 Å². The van der Waals surface area contributed by atoms with Gasteiger partial charge in [0, 0.05) is 18.2 Å². The second kappa shape index (κ2) is 15.9. The van der Waals surface area contributed by atoms with E-state index in [0.29, 0.717) is 31.4 Å². The van der Waals surface area contributed by atoms with Gasteiger partial charge in [-0.1, -0.05) is 59.7 Å². The molecule has 2 heterocycles. The van der Waals surface area contributed by atoms with E-state index in [9.17, 15) is 24.0 Å². The van der Waals surface area contributed by atoms with Gasteiger partial charge in [0.05, 0.1) is 13.2 Å². The summed E-state index contributed by atoms with van der Waals surface area (Å²) in [5.74, 6) is -1.64. The summed E-state index contributed by atoms with van der Waals surface area (Å²) < 4.78 is 4.89. The number of ether oxygens (including phenoxy) is 1. The normalized spacial score (nSPS) is 19.2. The van der Waals surface area contributed by atoms with Gasteiger partial charge in [-0.25, -0.2) is 4.79 Å². The molecule has 10 nitrogen and oxygen atoms in total. The first-order valence-electron chi connectivity index (χ1n) is 15.9. The number of hydrogen-bond donors (Lipinski definition) is 3. The fourth-order valence-electron chi connectivity index (χ4n) is 6.06. The van der Waals surface area contributed by atoms with Crippen molar-refractivity contribution < 1.29 is 28.7 Å². The topological polar surface area (TPSA) is 134 Å². The van der Waals surface area contributed by atoms with Crippen LogP contribution in [0.5, 0.6) is 0 Å². The molecule has 242 valence electrons. The van der Waals surface area contributed by atoms with Gasteiger partial charge in [0.15, 0.2) is 0 Å². The highest BCUT2D eigenvalue weighted by Gasteiger charge is 2.38. The van der Waals surface area contributed by atoms with Crippen molar-refractivity contribution in [3.63, 3.8) is 0 Å². The van der Waals surface area contributed by atoms with Crippen molar-refractivity contribution in [3.05, 3.63) is 41.5 Å². The van der Waals surface area contributed by atoms with Crippen molar-refractivity contribution in [2.24, 2.45) is 17.8 Å². The van der Waals surface area contributed by atoms with Gasteiger partial charge >= 0.3 is 5.97 Å². The number of methoxy groups -OCH3 is 1. The molecule has 0 aromatic heterocycles. The lowest BCUT2D eigenvalue weighted by Gasteiger charge is -2.41. The van der Waals surface area contributed by atoms with Crippen molar-refractivity contribution >= 4 is 35.2 Å². The number of hydrogen-bond acceptors (Lipinski definition) is 6. The van der Waals surface area contributed by atoms with Gasteiger partial charge in [-0.2, -0.15) is 0 Å². The number of piperidine rings is 1. The quantitative estimate of drug-likeness (QED) is 0.230. The standard InChI is InChI=1S/C34H50N4O6/c1-20(2)16-26(31(40)36-27(17-21(3)4)32(41)37-28(18-22(5)6)34(43)44-7)35-30(39)19-25-23-12-8-9-13-24(23)33(42)38-15-11-10-14-29(25)38/h8-9,12-13,19-22,26-29H,10-11,14-18H2,1-7H3,(H,35,39)(H,36,40)(H,37,41)/b25-19-/t26-,27+,28-,29+/m0/s1. The van der Waals surface area contributed by atoms with Gasteiger partial charge < -0.3 is 25.6 Å². The zero-order chi connectivity index (χ0) is 32.6. The van der Waals surface area contributed by atoms with Crippen LogP contribution in [0, 0.1) is 17.8 Å². The molecule has 4 atom stereocenters. The summed E-state index contributed by atoms with van der Waals surface area (Å²) in [6.07, 6.45) is 5.28. The van der Waals surface area contributed by atoms with Crippen molar-refractivity contribution in [3.8, 4) is 0 Å². The summed E-state index contributed by atoms with van der Waals surface area (Å²) in [6, 6.07) is 4.51. The molecule has 3 N–H and O–H groups in total. The molecule has 1 aromatic rings. The lowest BCUT2D eigenvalue weighted by atomic mass is 9.83. The van der Waals surface area contributed by atoms with Crippen LogP contribution in [0.25, 0.3) is 5.57 Å². The molecule has 0 bridgehead atoms. The molecule has 0 radical (unpaired) electrons. The van der Waals surface area contributed by atoms with Gasteiger partial charge in [0.1, 0.15) is 18.1 Å². The fraction of sp³-hybridized carbons (Fsp3) is 0.618. The molecule has 1 fully saturated rings. The van der Waals surface area contributed by atoms with Crippen LogP contribution in [0.4, 0.5) is 0 Å². The fourth-order valence-corrected chi connectivity index (χ4v) is 6.06. The molecule has 1 aromatic carbocycles. The van der Waals surface area contributed by atoms with Gasteiger partial charge in [-0.3, -0.25) is 19.2 Å². The van der Waals surface area contributed by atoms with Crippen LogP contribution < -0.4 is 16.0 Å². The Hall–Kier alpha value is -3.69. The number of esters is 1. The van der Waals surface area contributed by atoms with E-state index in [-0.39, 0.29) is 29.7 Å². The summed E-state index contributed by atoms with van der Waals surface area (Å²) in [4.78, 5) is 67.9. The minimum absolute atomic E-state index is 0.0165. The molecule has 1 saturated heterocycles. The number of carbonyl (C=O) groups is 5. The maximum Gasteiger partial charge on any atom is 0.328 e. The molecule has 2 aliphatic heterocycles. The zero-order valence-corrected chi connectivity index (χ0v) is 27.3. The van der Waals surface area contributed by atoms with Crippen LogP contribution in [0.15, 0.2) is 30.3 Å². The van der Waals surface area contributed by atoms with E-state index in [0.717, 1.165) is 30.4 Å². The smallest absolute Gasteiger partial charge is 0.328 e. The van der Waals surface area contributed by atoms with Crippen LogP contribution in [-0.4, -0.2) is 72.3 Å². The number of carbonyl (C=O) groups excluding carboxylic acids is 5. The van der Waals surface area contributed by atoms with E-state index in [1.165, 1.54) is 13.2 Å². The first kappa shape index (κ1) is 34.8. The van der Waals surface area contributed by atoms with Gasteiger partial charge in [0.25, 0.3) is 5.91 Å².